The summed E-state index contributed by atoms with van der Waals surface area (Å²) in [6, 6.07) is 66.8. The van der Waals surface area contributed by atoms with E-state index in [-0.39, 0.29) is 0 Å². The van der Waals surface area contributed by atoms with E-state index in [1.807, 2.05) is 0 Å². The Morgan fingerprint density at radius 1 is 0.375 bits per heavy atom. The number of furan rings is 1. The van der Waals surface area contributed by atoms with Gasteiger partial charge in [0.05, 0.1) is 5.69 Å². The minimum absolute atomic E-state index is 0.897. The molecule has 0 aliphatic heterocycles. The van der Waals surface area contributed by atoms with E-state index in [2.05, 4.69) is 193 Å². The van der Waals surface area contributed by atoms with Crippen molar-refractivity contribution in [2.45, 2.75) is 0 Å². The SMILES string of the molecule is c1ccc(-c2ccc(-c3ccccc3N(c3ccccc3)c3cccc(-c4cccc5oc6c7ccccc7ccc6c45)c3)cc2)cc1. The fraction of sp³-hybridized carbons (Fsp3) is 0. The molecule has 0 aliphatic carbocycles. The first-order valence-electron chi connectivity index (χ1n) is 16.4. The van der Waals surface area contributed by atoms with Gasteiger partial charge in [0.15, 0.2) is 0 Å². The summed E-state index contributed by atoms with van der Waals surface area (Å²) < 4.78 is 6.54. The average Bonchev–Trinajstić information content (AvgIpc) is 3.56. The molecule has 1 aromatic heterocycles. The Bertz CT molecular complexity index is 2550. The molecule has 0 saturated carbocycles. The lowest BCUT2D eigenvalue weighted by molar-refractivity contribution is 0.673. The number of rotatable bonds is 6. The van der Waals surface area contributed by atoms with Gasteiger partial charge < -0.3 is 9.32 Å². The molecule has 2 heteroatoms. The van der Waals surface area contributed by atoms with Crippen LogP contribution in [0.15, 0.2) is 192 Å². The van der Waals surface area contributed by atoms with Crippen molar-refractivity contribution in [1.82, 2.24) is 0 Å². The van der Waals surface area contributed by atoms with Gasteiger partial charge >= 0.3 is 0 Å². The topological polar surface area (TPSA) is 16.4 Å². The van der Waals surface area contributed by atoms with Crippen molar-refractivity contribution in [3.8, 4) is 33.4 Å². The number of hydrogen-bond donors (Lipinski definition) is 0. The van der Waals surface area contributed by atoms with Gasteiger partial charge in [-0.2, -0.15) is 0 Å². The lowest BCUT2D eigenvalue weighted by atomic mass is 9.96. The van der Waals surface area contributed by atoms with Gasteiger partial charge in [-0.25, -0.2) is 0 Å². The first-order valence-corrected chi connectivity index (χ1v) is 16.4. The van der Waals surface area contributed by atoms with E-state index >= 15 is 0 Å². The van der Waals surface area contributed by atoms with Gasteiger partial charge in [-0.15, -0.1) is 0 Å². The van der Waals surface area contributed by atoms with Crippen molar-refractivity contribution in [2.75, 3.05) is 4.90 Å². The van der Waals surface area contributed by atoms with Crippen LogP contribution in [0.3, 0.4) is 0 Å². The summed E-state index contributed by atoms with van der Waals surface area (Å²) in [5.74, 6) is 0. The van der Waals surface area contributed by atoms with E-state index < -0.39 is 0 Å². The summed E-state index contributed by atoms with van der Waals surface area (Å²) in [5.41, 5.74) is 12.2. The van der Waals surface area contributed by atoms with Gasteiger partial charge in [0.25, 0.3) is 0 Å². The second kappa shape index (κ2) is 11.8. The van der Waals surface area contributed by atoms with Crippen LogP contribution in [0.25, 0.3) is 66.1 Å². The highest BCUT2D eigenvalue weighted by Crippen LogP contribution is 2.44. The predicted molar refractivity (Wildman–Crippen MR) is 202 cm³/mol. The van der Waals surface area contributed by atoms with Gasteiger partial charge in [-0.1, -0.05) is 146 Å². The summed E-state index contributed by atoms with van der Waals surface area (Å²) in [5, 5.41) is 4.59. The molecule has 2 nitrogen and oxygen atoms in total. The highest BCUT2D eigenvalue weighted by molar-refractivity contribution is 6.19. The molecule has 0 N–H and O–H groups in total. The lowest BCUT2D eigenvalue weighted by Crippen LogP contribution is -2.11. The van der Waals surface area contributed by atoms with E-state index in [9.17, 15) is 0 Å². The predicted octanol–water partition coefficient (Wildman–Crippen LogP) is 13.2. The summed E-state index contributed by atoms with van der Waals surface area (Å²) in [6.45, 7) is 0. The second-order valence-electron chi connectivity index (χ2n) is 12.1. The van der Waals surface area contributed by atoms with Gasteiger partial charge in [-0.05, 0) is 75.7 Å². The van der Waals surface area contributed by atoms with Crippen LogP contribution in [-0.4, -0.2) is 0 Å². The van der Waals surface area contributed by atoms with Crippen molar-refractivity contribution in [2.24, 2.45) is 0 Å². The Morgan fingerprint density at radius 2 is 1.00 bits per heavy atom. The standard InChI is InChI=1S/C46H31NO/c1-3-13-32(14-4-1)33-25-27-35(28-26-33)39-20-9-10-23-43(39)47(37-17-5-2-6-18-37)38-19-11-16-36(31-38)40-22-12-24-44-45(40)42-30-29-34-15-7-8-21-41(34)46(42)48-44/h1-31H. The zero-order valence-corrected chi connectivity index (χ0v) is 26.3. The third-order valence-electron chi connectivity index (χ3n) is 9.26. The van der Waals surface area contributed by atoms with Gasteiger partial charge in [0, 0.05) is 33.1 Å². The molecule has 0 atom stereocenters. The van der Waals surface area contributed by atoms with Crippen LogP contribution in [0.2, 0.25) is 0 Å². The molecule has 0 aliphatic rings. The zero-order valence-electron chi connectivity index (χ0n) is 26.3. The number of nitrogens with zero attached hydrogens (tertiary/aromatic N) is 1. The Labute approximate surface area is 279 Å². The van der Waals surface area contributed by atoms with Crippen LogP contribution >= 0.6 is 0 Å². The maximum Gasteiger partial charge on any atom is 0.143 e. The van der Waals surface area contributed by atoms with Crippen molar-refractivity contribution >= 4 is 49.8 Å². The number of hydrogen-bond acceptors (Lipinski definition) is 2. The second-order valence-corrected chi connectivity index (χ2v) is 12.1. The molecule has 0 fully saturated rings. The van der Waals surface area contributed by atoms with Crippen molar-refractivity contribution < 1.29 is 4.42 Å². The maximum atomic E-state index is 6.54. The molecule has 0 radical (unpaired) electrons. The van der Waals surface area contributed by atoms with Crippen LogP contribution in [0.1, 0.15) is 0 Å². The fourth-order valence-electron chi connectivity index (χ4n) is 7.00. The molecular formula is C46H31NO. The minimum Gasteiger partial charge on any atom is -0.455 e. The van der Waals surface area contributed by atoms with Crippen molar-refractivity contribution in [3.05, 3.63) is 188 Å². The van der Waals surface area contributed by atoms with E-state index in [4.69, 9.17) is 4.42 Å². The van der Waals surface area contributed by atoms with Crippen LogP contribution in [0.5, 0.6) is 0 Å². The lowest BCUT2D eigenvalue weighted by Gasteiger charge is -2.28. The number of anilines is 3. The number of fused-ring (bicyclic) bond motifs is 5. The monoisotopic (exact) mass is 613 g/mol. The van der Waals surface area contributed by atoms with E-state index in [0.29, 0.717) is 0 Å². The first-order chi connectivity index (χ1) is 23.8. The van der Waals surface area contributed by atoms with Gasteiger partial charge in [0.1, 0.15) is 11.2 Å². The normalized spacial score (nSPS) is 11.3. The molecule has 0 saturated heterocycles. The molecular weight excluding hydrogens is 583 g/mol. The smallest absolute Gasteiger partial charge is 0.143 e. The third kappa shape index (κ3) is 4.83. The molecule has 0 bridgehead atoms. The van der Waals surface area contributed by atoms with E-state index in [1.165, 1.54) is 27.6 Å². The number of para-hydroxylation sites is 2. The highest BCUT2D eigenvalue weighted by atomic mass is 16.3. The number of benzene rings is 8. The molecule has 8 aromatic carbocycles. The molecule has 0 unspecified atom stereocenters. The van der Waals surface area contributed by atoms with Crippen LogP contribution < -0.4 is 4.90 Å². The molecule has 0 spiro atoms. The zero-order chi connectivity index (χ0) is 31.9. The largest absolute Gasteiger partial charge is 0.455 e. The Hall–Kier alpha value is -6.38. The molecule has 226 valence electrons. The quantitative estimate of drug-likeness (QED) is 0.185. The summed E-state index contributed by atoms with van der Waals surface area (Å²) in [4.78, 5) is 2.37. The molecule has 0 amide bonds. The van der Waals surface area contributed by atoms with E-state index in [0.717, 1.165) is 55.5 Å². The molecule has 9 aromatic rings. The Kier molecular flexibility index (Phi) is 6.84. The van der Waals surface area contributed by atoms with E-state index in [1.54, 1.807) is 0 Å². The van der Waals surface area contributed by atoms with Crippen LogP contribution in [0, 0.1) is 0 Å². The van der Waals surface area contributed by atoms with Gasteiger partial charge in [0.2, 0.25) is 0 Å². The Balaban J connectivity index is 1.19. The Morgan fingerprint density at radius 3 is 1.85 bits per heavy atom. The fourth-order valence-corrected chi connectivity index (χ4v) is 7.00. The summed E-state index contributed by atoms with van der Waals surface area (Å²) in [7, 11) is 0. The first kappa shape index (κ1) is 27.9. The summed E-state index contributed by atoms with van der Waals surface area (Å²) >= 11 is 0. The van der Waals surface area contributed by atoms with Crippen molar-refractivity contribution in [1.29, 1.82) is 0 Å². The van der Waals surface area contributed by atoms with Gasteiger partial charge in [-0.3, -0.25) is 0 Å². The minimum atomic E-state index is 0.897. The molecule has 48 heavy (non-hydrogen) atoms. The average molecular weight is 614 g/mol. The highest BCUT2D eigenvalue weighted by Gasteiger charge is 2.19. The van der Waals surface area contributed by atoms with Crippen molar-refractivity contribution in [3.63, 3.8) is 0 Å². The molecule has 9 rings (SSSR count). The maximum absolute atomic E-state index is 6.54. The third-order valence-corrected chi connectivity index (χ3v) is 9.26. The summed E-state index contributed by atoms with van der Waals surface area (Å²) in [6.07, 6.45) is 0. The van der Waals surface area contributed by atoms with Crippen LogP contribution in [0.4, 0.5) is 17.1 Å². The molecule has 1 heterocycles. The van der Waals surface area contributed by atoms with Crippen LogP contribution in [-0.2, 0) is 0 Å².